The van der Waals surface area contributed by atoms with Crippen LogP contribution >= 0.6 is 23.1 Å². The SMILES string of the molecule is CSc1ccc(NC(=O)N[C@@H](CCO)c2cccs2)cc1F. The van der Waals surface area contributed by atoms with Crippen LogP contribution in [0.3, 0.4) is 0 Å². The van der Waals surface area contributed by atoms with Crippen molar-refractivity contribution >= 4 is 34.8 Å². The van der Waals surface area contributed by atoms with Gasteiger partial charge in [-0.2, -0.15) is 0 Å². The summed E-state index contributed by atoms with van der Waals surface area (Å²) in [5.41, 5.74) is 0.390. The maximum atomic E-state index is 13.7. The van der Waals surface area contributed by atoms with Crippen LogP contribution in [-0.4, -0.2) is 24.0 Å². The Morgan fingerprint density at radius 1 is 1.45 bits per heavy atom. The molecule has 0 saturated carbocycles. The molecule has 0 saturated heterocycles. The second-order valence-corrected chi connectivity index (χ2v) is 6.36. The van der Waals surface area contributed by atoms with Crippen molar-refractivity contribution < 1.29 is 14.3 Å². The summed E-state index contributed by atoms with van der Waals surface area (Å²) in [4.78, 5) is 13.5. The van der Waals surface area contributed by atoms with Crippen LogP contribution in [0.2, 0.25) is 0 Å². The largest absolute Gasteiger partial charge is 0.396 e. The first kappa shape index (κ1) is 16.8. The molecular formula is C15H17FN2O2S2. The molecule has 0 bridgehead atoms. The lowest BCUT2D eigenvalue weighted by molar-refractivity contribution is 0.239. The highest BCUT2D eigenvalue weighted by Gasteiger charge is 2.15. The first-order valence-corrected chi connectivity index (χ1v) is 8.79. The van der Waals surface area contributed by atoms with E-state index in [1.807, 2.05) is 17.5 Å². The number of amides is 2. The number of nitrogens with one attached hydrogen (secondary N) is 2. The van der Waals surface area contributed by atoms with Crippen molar-refractivity contribution in [3.63, 3.8) is 0 Å². The van der Waals surface area contributed by atoms with Crippen molar-refractivity contribution in [2.45, 2.75) is 17.4 Å². The van der Waals surface area contributed by atoms with Crippen molar-refractivity contribution in [2.24, 2.45) is 0 Å². The molecule has 0 unspecified atom stereocenters. The maximum Gasteiger partial charge on any atom is 0.319 e. The lowest BCUT2D eigenvalue weighted by atomic mass is 10.2. The van der Waals surface area contributed by atoms with Crippen LogP contribution in [0.5, 0.6) is 0 Å². The van der Waals surface area contributed by atoms with Gasteiger partial charge in [0.2, 0.25) is 0 Å². The van der Waals surface area contributed by atoms with Crippen LogP contribution in [0.15, 0.2) is 40.6 Å². The van der Waals surface area contributed by atoms with E-state index in [4.69, 9.17) is 5.11 Å². The van der Waals surface area contributed by atoms with E-state index in [2.05, 4.69) is 10.6 Å². The number of hydrogen-bond acceptors (Lipinski definition) is 4. The predicted molar refractivity (Wildman–Crippen MR) is 89.1 cm³/mol. The van der Waals surface area contributed by atoms with E-state index in [1.165, 1.54) is 29.2 Å². The van der Waals surface area contributed by atoms with E-state index >= 15 is 0 Å². The van der Waals surface area contributed by atoms with E-state index in [1.54, 1.807) is 18.4 Å². The Bertz CT molecular complexity index is 620. The minimum absolute atomic E-state index is 0.0279. The lowest BCUT2D eigenvalue weighted by Gasteiger charge is -2.17. The Hall–Kier alpha value is -1.57. The number of hydrogen-bond donors (Lipinski definition) is 3. The van der Waals surface area contributed by atoms with E-state index in [9.17, 15) is 9.18 Å². The quantitative estimate of drug-likeness (QED) is 0.700. The fourth-order valence-corrected chi connectivity index (χ4v) is 3.24. The molecule has 0 aliphatic rings. The van der Waals surface area contributed by atoms with E-state index in [0.717, 1.165) is 4.88 Å². The second-order valence-electron chi connectivity index (χ2n) is 4.53. The van der Waals surface area contributed by atoms with Gasteiger partial charge >= 0.3 is 6.03 Å². The molecule has 2 rings (SSSR count). The third-order valence-corrected chi connectivity index (χ3v) is 4.78. The van der Waals surface area contributed by atoms with Gasteiger partial charge in [0.15, 0.2) is 0 Å². The summed E-state index contributed by atoms with van der Waals surface area (Å²) < 4.78 is 13.7. The van der Waals surface area contributed by atoms with Gasteiger partial charge in [0, 0.05) is 22.1 Å². The summed E-state index contributed by atoms with van der Waals surface area (Å²) in [5, 5.41) is 16.4. The van der Waals surface area contributed by atoms with Crippen molar-refractivity contribution in [1.29, 1.82) is 0 Å². The molecular weight excluding hydrogens is 323 g/mol. The molecule has 118 valence electrons. The molecule has 2 amide bonds. The summed E-state index contributed by atoms with van der Waals surface area (Å²) in [6.45, 7) is -0.0279. The topological polar surface area (TPSA) is 61.4 Å². The molecule has 1 heterocycles. The summed E-state index contributed by atoms with van der Waals surface area (Å²) in [6.07, 6.45) is 2.21. The molecule has 1 atom stereocenters. The number of urea groups is 1. The van der Waals surface area contributed by atoms with E-state index < -0.39 is 6.03 Å². The number of rotatable bonds is 6. The number of thioether (sulfide) groups is 1. The predicted octanol–water partition coefficient (Wildman–Crippen LogP) is 3.85. The van der Waals surface area contributed by atoms with Gasteiger partial charge in [-0.15, -0.1) is 23.1 Å². The van der Waals surface area contributed by atoms with Crippen LogP contribution in [0.1, 0.15) is 17.3 Å². The Morgan fingerprint density at radius 2 is 2.27 bits per heavy atom. The van der Waals surface area contributed by atoms with Crippen LogP contribution in [0.4, 0.5) is 14.9 Å². The van der Waals surface area contributed by atoms with Gasteiger partial charge < -0.3 is 15.7 Å². The minimum Gasteiger partial charge on any atom is -0.396 e. The molecule has 0 radical (unpaired) electrons. The van der Waals surface area contributed by atoms with Crippen molar-refractivity contribution in [1.82, 2.24) is 5.32 Å². The summed E-state index contributed by atoms with van der Waals surface area (Å²) in [5.74, 6) is -0.365. The number of carbonyl (C=O) groups is 1. The number of benzene rings is 1. The molecule has 0 aliphatic carbocycles. The minimum atomic E-state index is -0.428. The molecule has 1 aromatic carbocycles. The lowest BCUT2D eigenvalue weighted by Crippen LogP contribution is -2.32. The molecule has 3 N–H and O–H groups in total. The number of thiophene rings is 1. The van der Waals surface area contributed by atoms with Gasteiger partial charge in [-0.25, -0.2) is 9.18 Å². The number of aliphatic hydroxyl groups is 1. The van der Waals surface area contributed by atoms with Gasteiger partial charge in [0.25, 0.3) is 0 Å². The Labute approximate surface area is 136 Å². The van der Waals surface area contributed by atoms with Gasteiger partial charge in [-0.3, -0.25) is 0 Å². The molecule has 2 aromatic rings. The van der Waals surface area contributed by atoms with Gasteiger partial charge in [0.1, 0.15) is 5.82 Å². The average molecular weight is 340 g/mol. The Balaban J connectivity index is 2.00. The van der Waals surface area contributed by atoms with Crippen LogP contribution in [0, 0.1) is 5.82 Å². The first-order chi connectivity index (χ1) is 10.6. The zero-order chi connectivity index (χ0) is 15.9. The van der Waals surface area contributed by atoms with Gasteiger partial charge in [0.05, 0.1) is 6.04 Å². The Morgan fingerprint density at radius 3 is 2.86 bits per heavy atom. The standard InChI is InChI=1S/C15H17FN2O2S2/c1-21-13-5-4-10(9-11(13)16)17-15(20)18-12(6-7-19)14-3-2-8-22-14/h2-5,8-9,12,19H,6-7H2,1H3,(H2,17,18,20)/t12-/m0/s1. The number of halogens is 1. The highest BCUT2D eigenvalue weighted by Crippen LogP contribution is 2.24. The fraction of sp³-hybridized carbons (Fsp3) is 0.267. The molecule has 0 fully saturated rings. The molecule has 0 spiro atoms. The highest BCUT2D eigenvalue weighted by molar-refractivity contribution is 7.98. The zero-order valence-electron chi connectivity index (χ0n) is 12.0. The zero-order valence-corrected chi connectivity index (χ0v) is 13.6. The van der Waals surface area contributed by atoms with Crippen LogP contribution in [0.25, 0.3) is 0 Å². The second kappa shape index (κ2) is 8.17. The van der Waals surface area contributed by atoms with Gasteiger partial charge in [-0.05, 0) is 42.3 Å². The molecule has 4 nitrogen and oxygen atoms in total. The van der Waals surface area contributed by atoms with Crippen LogP contribution < -0.4 is 10.6 Å². The smallest absolute Gasteiger partial charge is 0.319 e. The fourth-order valence-electron chi connectivity index (χ4n) is 1.97. The molecule has 22 heavy (non-hydrogen) atoms. The summed E-state index contributed by atoms with van der Waals surface area (Å²) >= 11 is 2.82. The maximum absolute atomic E-state index is 13.7. The van der Waals surface area contributed by atoms with Crippen LogP contribution in [-0.2, 0) is 0 Å². The molecule has 1 aromatic heterocycles. The van der Waals surface area contributed by atoms with Gasteiger partial charge in [-0.1, -0.05) is 6.07 Å². The highest BCUT2D eigenvalue weighted by atomic mass is 32.2. The molecule has 7 heteroatoms. The Kier molecular flexibility index (Phi) is 6.23. The first-order valence-electron chi connectivity index (χ1n) is 6.69. The monoisotopic (exact) mass is 340 g/mol. The molecule has 0 aliphatic heterocycles. The van der Waals surface area contributed by atoms with Crippen molar-refractivity contribution in [2.75, 3.05) is 18.2 Å². The average Bonchev–Trinajstić information content (AvgIpc) is 3.01. The number of carbonyl (C=O) groups excluding carboxylic acids is 1. The number of anilines is 1. The summed E-state index contributed by atoms with van der Waals surface area (Å²) in [7, 11) is 0. The number of aliphatic hydroxyl groups excluding tert-OH is 1. The third-order valence-electron chi connectivity index (χ3n) is 3.02. The van der Waals surface area contributed by atoms with Crippen molar-refractivity contribution in [3.05, 3.63) is 46.4 Å². The van der Waals surface area contributed by atoms with E-state index in [0.29, 0.717) is 17.0 Å². The normalized spacial score (nSPS) is 12.0. The van der Waals surface area contributed by atoms with Crippen molar-refractivity contribution in [3.8, 4) is 0 Å². The van der Waals surface area contributed by atoms with E-state index in [-0.39, 0.29) is 18.5 Å². The third kappa shape index (κ3) is 4.46. The summed E-state index contributed by atoms with van der Waals surface area (Å²) in [6, 6.07) is 7.67.